The van der Waals surface area contributed by atoms with Crippen LogP contribution in [0.3, 0.4) is 0 Å². The normalized spacial score (nSPS) is 21.5. The molecule has 2 aliphatic rings. The molecule has 1 amide bonds. The molecule has 1 N–H and O–H groups in total. The summed E-state index contributed by atoms with van der Waals surface area (Å²) in [7, 11) is 0. The molecule has 2 saturated heterocycles. The quantitative estimate of drug-likeness (QED) is 0.905. The van der Waals surface area contributed by atoms with Crippen molar-refractivity contribution in [3.05, 3.63) is 47.3 Å². The predicted molar refractivity (Wildman–Crippen MR) is 107 cm³/mol. The van der Waals surface area contributed by atoms with Crippen molar-refractivity contribution in [1.29, 1.82) is 0 Å². The van der Waals surface area contributed by atoms with Gasteiger partial charge in [-0.25, -0.2) is 0 Å². The number of aromatic amines is 1. The van der Waals surface area contributed by atoms with Crippen molar-refractivity contribution in [3.8, 4) is 0 Å². The van der Waals surface area contributed by atoms with Gasteiger partial charge in [0.05, 0.1) is 11.8 Å². The Bertz CT molecular complexity index is 793. The van der Waals surface area contributed by atoms with Gasteiger partial charge in [-0.05, 0) is 38.3 Å². The third-order valence-corrected chi connectivity index (χ3v) is 6.03. The standard InChI is InChI=1S/C21H29N5O/c1-16-6-3-4-8-20(16)25-12-10-24(11-13-25)18-7-5-9-26(15-18)21(27)19-14-22-23-17(19)2/h3-4,6,8,14,18H,5,7,9-13,15H2,1-2H3,(H,22,23). The van der Waals surface area contributed by atoms with Crippen molar-refractivity contribution in [2.45, 2.75) is 32.7 Å². The van der Waals surface area contributed by atoms with Crippen LogP contribution in [-0.2, 0) is 0 Å². The van der Waals surface area contributed by atoms with E-state index in [2.05, 4.69) is 51.2 Å². The number of carbonyl (C=O) groups excluding carboxylic acids is 1. The molecule has 144 valence electrons. The molecule has 1 aromatic heterocycles. The lowest BCUT2D eigenvalue weighted by Crippen LogP contribution is -2.56. The van der Waals surface area contributed by atoms with Gasteiger partial charge in [-0.1, -0.05) is 18.2 Å². The van der Waals surface area contributed by atoms with Gasteiger partial charge in [-0.3, -0.25) is 14.8 Å². The highest BCUT2D eigenvalue weighted by Crippen LogP contribution is 2.24. The summed E-state index contributed by atoms with van der Waals surface area (Å²) in [6.45, 7) is 10.00. The van der Waals surface area contributed by atoms with Gasteiger partial charge in [0.2, 0.25) is 0 Å². The number of hydrogen-bond donors (Lipinski definition) is 1. The third-order valence-electron chi connectivity index (χ3n) is 6.03. The van der Waals surface area contributed by atoms with E-state index < -0.39 is 0 Å². The van der Waals surface area contributed by atoms with Crippen molar-refractivity contribution in [2.75, 3.05) is 44.2 Å². The Morgan fingerprint density at radius 2 is 1.89 bits per heavy atom. The zero-order valence-electron chi connectivity index (χ0n) is 16.3. The van der Waals surface area contributed by atoms with Crippen LogP contribution in [0.2, 0.25) is 0 Å². The van der Waals surface area contributed by atoms with Gasteiger partial charge in [0, 0.05) is 56.7 Å². The predicted octanol–water partition coefficient (Wildman–Crippen LogP) is 2.45. The number of piperazine rings is 1. The largest absolute Gasteiger partial charge is 0.369 e. The molecule has 1 atom stereocenters. The number of aromatic nitrogens is 2. The summed E-state index contributed by atoms with van der Waals surface area (Å²) in [5.41, 5.74) is 4.26. The first-order valence-electron chi connectivity index (χ1n) is 9.97. The number of amides is 1. The van der Waals surface area contributed by atoms with Crippen molar-refractivity contribution in [2.24, 2.45) is 0 Å². The molecular weight excluding hydrogens is 338 g/mol. The van der Waals surface area contributed by atoms with Crippen LogP contribution in [0.1, 0.15) is 34.5 Å². The summed E-state index contributed by atoms with van der Waals surface area (Å²) in [6, 6.07) is 9.10. The maximum Gasteiger partial charge on any atom is 0.257 e. The molecule has 1 aromatic carbocycles. The van der Waals surface area contributed by atoms with Crippen LogP contribution in [0.25, 0.3) is 0 Å². The van der Waals surface area contributed by atoms with Crippen LogP contribution < -0.4 is 4.90 Å². The second-order valence-electron chi connectivity index (χ2n) is 7.77. The summed E-state index contributed by atoms with van der Waals surface area (Å²) < 4.78 is 0. The monoisotopic (exact) mass is 367 g/mol. The van der Waals surface area contributed by atoms with Gasteiger partial charge < -0.3 is 9.80 Å². The van der Waals surface area contributed by atoms with E-state index in [4.69, 9.17) is 0 Å². The van der Waals surface area contributed by atoms with E-state index in [1.165, 1.54) is 17.7 Å². The highest BCUT2D eigenvalue weighted by atomic mass is 16.2. The average molecular weight is 367 g/mol. The Kier molecular flexibility index (Phi) is 5.16. The molecule has 6 nitrogen and oxygen atoms in total. The fourth-order valence-electron chi connectivity index (χ4n) is 4.42. The Hall–Kier alpha value is -2.34. The van der Waals surface area contributed by atoms with E-state index in [9.17, 15) is 4.79 Å². The lowest BCUT2D eigenvalue weighted by molar-refractivity contribution is 0.0563. The summed E-state index contributed by atoms with van der Waals surface area (Å²) in [4.78, 5) is 19.9. The zero-order valence-corrected chi connectivity index (χ0v) is 16.3. The summed E-state index contributed by atoms with van der Waals surface area (Å²) >= 11 is 0. The molecule has 2 aliphatic heterocycles. The Balaban J connectivity index is 1.36. The van der Waals surface area contributed by atoms with Crippen molar-refractivity contribution in [1.82, 2.24) is 20.0 Å². The Labute approximate surface area is 161 Å². The minimum atomic E-state index is 0.115. The second kappa shape index (κ2) is 7.72. The molecule has 2 fully saturated rings. The summed E-state index contributed by atoms with van der Waals surface area (Å²) in [6.07, 6.45) is 3.91. The Morgan fingerprint density at radius 1 is 1.11 bits per heavy atom. The first kappa shape index (κ1) is 18.0. The van der Waals surface area contributed by atoms with Crippen LogP contribution in [0.4, 0.5) is 5.69 Å². The number of nitrogens with one attached hydrogen (secondary N) is 1. The van der Waals surface area contributed by atoms with E-state index in [1.807, 2.05) is 11.8 Å². The number of piperidine rings is 1. The summed E-state index contributed by atoms with van der Waals surface area (Å²) in [5.74, 6) is 0.115. The van der Waals surface area contributed by atoms with Gasteiger partial charge in [0.15, 0.2) is 0 Å². The van der Waals surface area contributed by atoms with Crippen molar-refractivity contribution >= 4 is 11.6 Å². The number of likely N-dealkylation sites (tertiary alicyclic amines) is 1. The SMILES string of the molecule is Cc1ccccc1N1CCN(C2CCCN(C(=O)c3cn[nH]c3C)C2)CC1. The number of carbonyl (C=O) groups is 1. The number of nitrogens with zero attached hydrogens (tertiary/aromatic N) is 4. The molecule has 1 unspecified atom stereocenters. The van der Waals surface area contributed by atoms with E-state index >= 15 is 0 Å². The summed E-state index contributed by atoms with van der Waals surface area (Å²) in [5, 5.41) is 6.88. The maximum absolute atomic E-state index is 12.8. The van der Waals surface area contributed by atoms with Crippen LogP contribution in [-0.4, -0.2) is 71.2 Å². The molecule has 27 heavy (non-hydrogen) atoms. The molecule has 0 aliphatic carbocycles. The highest BCUT2D eigenvalue weighted by molar-refractivity contribution is 5.95. The number of benzene rings is 1. The van der Waals surface area contributed by atoms with Gasteiger partial charge >= 0.3 is 0 Å². The number of para-hydroxylation sites is 1. The molecule has 3 heterocycles. The van der Waals surface area contributed by atoms with E-state index in [0.29, 0.717) is 11.6 Å². The second-order valence-corrected chi connectivity index (χ2v) is 7.77. The van der Waals surface area contributed by atoms with Crippen LogP contribution in [0.5, 0.6) is 0 Å². The minimum Gasteiger partial charge on any atom is -0.369 e. The molecule has 2 aromatic rings. The first-order chi connectivity index (χ1) is 13.1. The van der Waals surface area contributed by atoms with E-state index in [-0.39, 0.29) is 5.91 Å². The van der Waals surface area contributed by atoms with Crippen LogP contribution in [0.15, 0.2) is 30.5 Å². The molecule has 0 radical (unpaired) electrons. The zero-order chi connectivity index (χ0) is 18.8. The number of anilines is 1. The van der Waals surface area contributed by atoms with Gasteiger partial charge in [0.25, 0.3) is 5.91 Å². The lowest BCUT2D eigenvalue weighted by atomic mass is 10.0. The number of aryl methyl sites for hydroxylation is 2. The highest BCUT2D eigenvalue weighted by Gasteiger charge is 2.31. The lowest BCUT2D eigenvalue weighted by Gasteiger charge is -2.44. The molecule has 0 spiro atoms. The number of H-pyrrole nitrogens is 1. The minimum absolute atomic E-state index is 0.115. The van der Waals surface area contributed by atoms with Crippen molar-refractivity contribution < 1.29 is 4.79 Å². The molecule has 6 heteroatoms. The molecule has 0 bridgehead atoms. The van der Waals surface area contributed by atoms with Gasteiger partial charge in [-0.15, -0.1) is 0 Å². The van der Waals surface area contributed by atoms with Crippen LogP contribution >= 0.6 is 0 Å². The Morgan fingerprint density at radius 3 is 2.59 bits per heavy atom. The van der Waals surface area contributed by atoms with E-state index in [0.717, 1.165) is 51.4 Å². The average Bonchev–Trinajstić information content (AvgIpc) is 3.14. The first-order valence-corrected chi connectivity index (χ1v) is 9.97. The van der Waals surface area contributed by atoms with Crippen LogP contribution in [0, 0.1) is 13.8 Å². The molecule has 4 rings (SSSR count). The van der Waals surface area contributed by atoms with E-state index in [1.54, 1.807) is 6.20 Å². The number of rotatable bonds is 3. The molecular formula is C21H29N5O. The third kappa shape index (κ3) is 3.72. The topological polar surface area (TPSA) is 55.5 Å². The fourth-order valence-corrected chi connectivity index (χ4v) is 4.42. The maximum atomic E-state index is 12.8. The van der Waals surface area contributed by atoms with Gasteiger partial charge in [-0.2, -0.15) is 5.10 Å². The number of hydrogen-bond acceptors (Lipinski definition) is 4. The van der Waals surface area contributed by atoms with Crippen molar-refractivity contribution in [3.63, 3.8) is 0 Å². The molecule has 0 saturated carbocycles. The fraction of sp³-hybridized carbons (Fsp3) is 0.524. The smallest absolute Gasteiger partial charge is 0.257 e. The van der Waals surface area contributed by atoms with Gasteiger partial charge in [0.1, 0.15) is 0 Å².